The second-order valence-corrected chi connectivity index (χ2v) is 7.21. The van der Waals surface area contributed by atoms with Gasteiger partial charge in [-0.2, -0.15) is 0 Å². The molecule has 3 rings (SSSR count). The van der Waals surface area contributed by atoms with Crippen LogP contribution in [0.25, 0.3) is 6.08 Å². The number of rotatable bonds is 7. The van der Waals surface area contributed by atoms with Gasteiger partial charge in [0.15, 0.2) is 23.1 Å². The lowest BCUT2D eigenvalue weighted by molar-refractivity contribution is 0.104. The molecule has 0 aromatic heterocycles. The minimum atomic E-state index is -1.26. The molecule has 1 heterocycles. The van der Waals surface area contributed by atoms with Crippen molar-refractivity contribution in [1.29, 1.82) is 0 Å². The van der Waals surface area contributed by atoms with Crippen molar-refractivity contribution in [2.45, 2.75) is 18.2 Å². The molecule has 27 heavy (non-hydrogen) atoms. The molecule has 0 saturated carbocycles. The zero-order valence-corrected chi connectivity index (χ0v) is 15.8. The van der Waals surface area contributed by atoms with Gasteiger partial charge in [0.2, 0.25) is 4.90 Å². The Morgan fingerprint density at radius 2 is 2.15 bits per heavy atom. The van der Waals surface area contributed by atoms with Gasteiger partial charge >= 0.3 is 0 Å². The molecular weight excluding hydrogens is 371 g/mol. The molecule has 0 fully saturated rings. The molecule has 1 atom stereocenters. The molecule has 2 aromatic rings. The lowest BCUT2D eigenvalue weighted by Crippen LogP contribution is -2.05. The van der Waals surface area contributed by atoms with Crippen molar-refractivity contribution in [2.24, 2.45) is 0 Å². The summed E-state index contributed by atoms with van der Waals surface area (Å²) < 4.78 is 41.6. The number of fused-ring (bicyclic) bond motifs is 1. The molecule has 142 valence electrons. The number of benzene rings is 2. The van der Waals surface area contributed by atoms with Gasteiger partial charge in [-0.15, -0.1) is 0 Å². The second kappa shape index (κ2) is 8.45. The first-order valence-corrected chi connectivity index (χ1v) is 9.73. The fraction of sp³-hybridized carbons (Fsp3) is 0.250. The fourth-order valence-corrected chi connectivity index (χ4v) is 3.53. The van der Waals surface area contributed by atoms with Crippen LogP contribution in [0.2, 0.25) is 0 Å². The van der Waals surface area contributed by atoms with Gasteiger partial charge in [-0.1, -0.05) is 19.1 Å². The zero-order valence-electron chi connectivity index (χ0n) is 15.0. The Kier molecular flexibility index (Phi) is 6.03. The van der Waals surface area contributed by atoms with E-state index in [1.165, 1.54) is 31.4 Å². The van der Waals surface area contributed by atoms with E-state index in [1.54, 1.807) is 18.2 Å². The van der Waals surface area contributed by atoms with Crippen LogP contribution in [-0.2, 0) is 11.2 Å². The molecule has 5 nitrogen and oxygen atoms in total. The van der Waals surface area contributed by atoms with E-state index in [0.29, 0.717) is 34.1 Å². The molecule has 1 aliphatic rings. The van der Waals surface area contributed by atoms with Crippen LogP contribution in [0.5, 0.6) is 17.2 Å². The highest BCUT2D eigenvalue weighted by molar-refractivity contribution is 7.91. The van der Waals surface area contributed by atoms with E-state index >= 15 is 0 Å². The van der Waals surface area contributed by atoms with Gasteiger partial charge in [0.05, 0.1) is 19.3 Å². The van der Waals surface area contributed by atoms with E-state index in [0.717, 1.165) is 6.42 Å². The van der Waals surface area contributed by atoms with Crippen LogP contribution in [0.3, 0.4) is 0 Å². The van der Waals surface area contributed by atoms with Gasteiger partial charge in [-0.25, -0.2) is 4.39 Å². The van der Waals surface area contributed by atoms with Crippen LogP contribution in [0.4, 0.5) is 4.39 Å². The molecule has 0 saturated heterocycles. The van der Waals surface area contributed by atoms with Crippen molar-refractivity contribution < 1.29 is 27.9 Å². The number of ketones is 1. The third kappa shape index (κ3) is 4.26. The van der Waals surface area contributed by atoms with Gasteiger partial charge < -0.3 is 18.8 Å². The summed E-state index contributed by atoms with van der Waals surface area (Å²) in [7, 11) is 1.39. The van der Waals surface area contributed by atoms with Crippen LogP contribution in [0.1, 0.15) is 29.3 Å². The minimum absolute atomic E-state index is 0.0706. The lowest BCUT2D eigenvalue weighted by atomic mass is 10.1. The molecule has 0 radical (unpaired) electrons. The van der Waals surface area contributed by atoms with Crippen LogP contribution >= 0.6 is 0 Å². The Bertz CT molecular complexity index is 881. The monoisotopic (exact) mass is 390 g/mol. The molecule has 0 N–H and O–H groups in total. The van der Waals surface area contributed by atoms with Crippen LogP contribution < -0.4 is 14.2 Å². The Balaban J connectivity index is 1.88. The SMILES string of the molecule is CCCOc1cc2c(cc1C(=O)/C=C/c1ccc(OC)c(F)c1)OC[S+]2[O-]. The third-order valence-corrected chi connectivity index (χ3v) is 5.08. The normalized spacial score (nSPS) is 15.5. The predicted molar refractivity (Wildman–Crippen MR) is 100 cm³/mol. The summed E-state index contributed by atoms with van der Waals surface area (Å²) in [5, 5.41) is 0. The predicted octanol–water partition coefficient (Wildman–Crippen LogP) is 3.98. The van der Waals surface area contributed by atoms with E-state index in [1.807, 2.05) is 6.92 Å². The molecule has 1 unspecified atom stereocenters. The first kappa shape index (κ1) is 19.3. The number of carbonyl (C=O) groups excluding carboxylic acids is 1. The van der Waals surface area contributed by atoms with Crippen molar-refractivity contribution in [3.63, 3.8) is 0 Å². The fourth-order valence-electron chi connectivity index (χ4n) is 2.58. The molecular formula is C20H19FO5S. The average Bonchev–Trinajstić information content (AvgIpc) is 3.03. The first-order valence-electron chi connectivity index (χ1n) is 8.41. The maximum absolute atomic E-state index is 13.8. The third-order valence-electron chi connectivity index (χ3n) is 3.94. The Morgan fingerprint density at radius 3 is 2.85 bits per heavy atom. The molecule has 0 aliphatic carbocycles. The first-order chi connectivity index (χ1) is 13.0. The highest BCUT2D eigenvalue weighted by atomic mass is 32.2. The summed E-state index contributed by atoms with van der Waals surface area (Å²) >= 11 is -1.26. The van der Waals surface area contributed by atoms with E-state index in [-0.39, 0.29) is 17.5 Å². The molecule has 0 amide bonds. The van der Waals surface area contributed by atoms with Crippen molar-refractivity contribution in [3.05, 3.63) is 53.4 Å². The van der Waals surface area contributed by atoms with E-state index in [9.17, 15) is 13.7 Å². The quantitative estimate of drug-likeness (QED) is 0.406. The van der Waals surface area contributed by atoms with E-state index in [2.05, 4.69) is 0 Å². The molecule has 1 aliphatic heterocycles. The van der Waals surface area contributed by atoms with Gasteiger partial charge in [-0.05, 0) is 30.2 Å². The number of allylic oxidation sites excluding steroid dienone is 1. The van der Waals surface area contributed by atoms with Gasteiger partial charge in [-0.3, -0.25) is 4.79 Å². The lowest BCUT2D eigenvalue weighted by Gasteiger charge is -2.10. The molecule has 2 aromatic carbocycles. The topological polar surface area (TPSA) is 67.8 Å². The number of carbonyl (C=O) groups is 1. The summed E-state index contributed by atoms with van der Waals surface area (Å²) in [5.41, 5.74) is 0.836. The highest BCUT2D eigenvalue weighted by Crippen LogP contribution is 2.37. The van der Waals surface area contributed by atoms with Crippen LogP contribution in [-0.4, -0.2) is 30.0 Å². The molecule has 7 heteroatoms. The summed E-state index contributed by atoms with van der Waals surface area (Å²) in [6.45, 7) is 2.38. The van der Waals surface area contributed by atoms with E-state index < -0.39 is 17.0 Å². The van der Waals surface area contributed by atoms with E-state index in [4.69, 9.17) is 14.2 Å². The molecule has 0 bridgehead atoms. The summed E-state index contributed by atoms with van der Waals surface area (Å²) in [6, 6.07) is 7.57. The Morgan fingerprint density at radius 1 is 1.33 bits per heavy atom. The largest absolute Gasteiger partial charge is 0.609 e. The summed E-state index contributed by atoms with van der Waals surface area (Å²) in [6.07, 6.45) is 3.62. The standard InChI is InChI=1S/C20H19FO5S/c1-3-8-25-18-11-20-19(26-12-27(20)23)10-14(18)16(22)6-4-13-5-7-17(24-2)15(21)9-13/h4-7,9-11H,3,8,12H2,1-2H3/b6-4+. The molecule has 0 spiro atoms. The maximum atomic E-state index is 13.8. The summed E-state index contributed by atoms with van der Waals surface area (Å²) in [5.74, 6) is 0.169. The van der Waals surface area contributed by atoms with Gasteiger partial charge in [0.1, 0.15) is 5.75 Å². The van der Waals surface area contributed by atoms with Crippen molar-refractivity contribution >= 4 is 23.0 Å². The van der Waals surface area contributed by atoms with Crippen molar-refractivity contribution in [1.82, 2.24) is 0 Å². The number of hydrogen-bond donors (Lipinski definition) is 0. The number of methoxy groups -OCH3 is 1. The van der Waals surface area contributed by atoms with Crippen molar-refractivity contribution in [2.75, 3.05) is 19.7 Å². The Hall–Kier alpha value is -2.51. The number of halogens is 1. The van der Waals surface area contributed by atoms with Gasteiger partial charge in [0, 0.05) is 23.3 Å². The highest BCUT2D eigenvalue weighted by Gasteiger charge is 2.29. The Labute approximate surface area is 159 Å². The van der Waals surface area contributed by atoms with Crippen LogP contribution in [0.15, 0.2) is 41.3 Å². The average molecular weight is 390 g/mol. The van der Waals surface area contributed by atoms with Crippen LogP contribution in [0, 0.1) is 5.82 Å². The zero-order chi connectivity index (χ0) is 19.4. The second-order valence-electron chi connectivity index (χ2n) is 5.84. The number of ether oxygens (including phenoxy) is 3. The van der Waals surface area contributed by atoms with Crippen molar-refractivity contribution in [3.8, 4) is 17.2 Å². The minimum Gasteiger partial charge on any atom is -0.609 e. The summed E-state index contributed by atoms with van der Waals surface area (Å²) in [4.78, 5) is 13.2. The smallest absolute Gasteiger partial charge is 0.250 e. The maximum Gasteiger partial charge on any atom is 0.250 e. The number of hydrogen-bond acceptors (Lipinski definition) is 5. The van der Waals surface area contributed by atoms with Gasteiger partial charge in [0.25, 0.3) is 5.94 Å².